The Morgan fingerprint density at radius 2 is 2.13 bits per heavy atom. The number of nitrogens with zero attached hydrogens (tertiary/aromatic N) is 2. The number of carbonyl (C=O) groups is 1. The molecular weight excluding hydrogens is 413 g/mol. The van der Waals surface area contributed by atoms with Gasteiger partial charge in [-0.1, -0.05) is 24.3 Å². The Kier molecular flexibility index (Phi) is 6.75. The molecule has 0 spiro atoms. The molecule has 0 radical (unpaired) electrons. The molecular formula is C24H26FN3O2S. The molecule has 2 aromatic carbocycles. The van der Waals surface area contributed by atoms with Gasteiger partial charge < -0.3 is 10.4 Å². The van der Waals surface area contributed by atoms with Gasteiger partial charge in [0.15, 0.2) is 0 Å². The number of likely N-dealkylation sites (tertiary alicyclic amines) is 1. The number of rotatable bonds is 7. The van der Waals surface area contributed by atoms with Gasteiger partial charge in [0.1, 0.15) is 5.82 Å². The zero-order chi connectivity index (χ0) is 21.8. The molecule has 1 saturated heterocycles. The topological polar surface area (TPSA) is 65.5 Å². The van der Waals surface area contributed by atoms with E-state index in [2.05, 4.69) is 15.2 Å². The number of amides is 1. The summed E-state index contributed by atoms with van der Waals surface area (Å²) in [5.74, 6) is -0.722. The highest BCUT2D eigenvalue weighted by Crippen LogP contribution is 2.31. The zero-order valence-corrected chi connectivity index (χ0v) is 18.2. The molecule has 1 amide bonds. The molecule has 2 N–H and O–H groups in total. The van der Waals surface area contributed by atoms with E-state index in [-0.39, 0.29) is 23.7 Å². The van der Waals surface area contributed by atoms with Crippen LogP contribution in [0.1, 0.15) is 48.6 Å². The average Bonchev–Trinajstić information content (AvgIpc) is 3.46. The first kappa shape index (κ1) is 21.6. The first-order valence-corrected chi connectivity index (χ1v) is 11.4. The quantitative estimate of drug-likeness (QED) is 0.559. The molecule has 31 heavy (non-hydrogen) atoms. The van der Waals surface area contributed by atoms with Gasteiger partial charge in [0.05, 0.1) is 23.2 Å². The molecule has 1 aliphatic heterocycles. The number of aromatic nitrogens is 1. The minimum atomic E-state index is -0.719. The van der Waals surface area contributed by atoms with Crippen LogP contribution in [0.15, 0.2) is 59.4 Å². The number of halogens is 1. The number of nitrogens with one attached hydrogen (secondary N) is 1. The molecule has 1 fully saturated rings. The zero-order valence-electron chi connectivity index (χ0n) is 17.4. The highest BCUT2D eigenvalue weighted by molar-refractivity contribution is 7.07. The predicted molar refractivity (Wildman–Crippen MR) is 120 cm³/mol. The molecule has 0 aliphatic carbocycles. The SMILES string of the molecule is C[C@H](C(=O)Nc1ccc(CN2CCC[C@@H]2[C@H](O)c2cccc(F)c2)cc1)c1cscn1. The summed E-state index contributed by atoms with van der Waals surface area (Å²) >= 11 is 1.48. The van der Waals surface area contributed by atoms with E-state index >= 15 is 0 Å². The third-order valence-electron chi connectivity index (χ3n) is 5.86. The van der Waals surface area contributed by atoms with E-state index in [0.717, 1.165) is 36.3 Å². The van der Waals surface area contributed by atoms with Crippen molar-refractivity contribution in [1.29, 1.82) is 0 Å². The maximum atomic E-state index is 13.6. The van der Waals surface area contributed by atoms with Crippen LogP contribution in [-0.2, 0) is 11.3 Å². The number of aliphatic hydroxyl groups is 1. The lowest BCUT2D eigenvalue weighted by molar-refractivity contribution is -0.117. The lowest BCUT2D eigenvalue weighted by Gasteiger charge is -2.29. The van der Waals surface area contributed by atoms with Gasteiger partial charge in [-0.2, -0.15) is 0 Å². The van der Waals surface area contributed by atoms with E-state index in [4.69, 9.17) is 0 Å². The third kappa shape index (κ3) is 5.18. The highest BCUT2D eigenvalue weighted by atomic mass is 32.1. The Bertz CT molecular complexity index is 1010. The Hall–Kier alpha value is -2.61. The molecule has 162 valence electrons. The van der Waals surface area contributed by atoms with Crippen LogP contribution in [-0.4, -0.2) is 33.5 Å². The molecule has 0 saturated carbocycles. The van der Waals surface area contributed by atoms with Crippen molar-refractivity contribution in [2.45, 2.75) is 44.4 Å². The molecule has 2 heterocycles. The second kappa shape index (κ2) is 9.68. The van der Waals surface area contributed by atoms with Crippen LogP contribution in [0.2, 0.25) is 0 Å². The fraction of sp³-hybridized carbons (Fsp3) is 0.333. The van der Waals surface area contributed by atoms with E-state index in [0.29, 0.717) is 12.1 Å². The standard InChI is InChI=1S/C24H26FN3O2S/c1-16(21-14-31-15-26-21)24(30)27-20-9-7-17(8-10-20)13-28-11-3-6-22(28)23(29)18-4-2-5-19(25)12-18/h2,4-5,7-10,12,14-16,22-23,29H,3,6,11,13H2,1H3,(H,27,30)/t16-,22+,23+/m0/s1. The van der Waals surface area contributed by atoms with Gasteiger partial charge in [0.25, 0.3) is 0 Å². The maximum absolute atomic E-state index is 13.6. The molecule has 1 aliphatic rings. The van der Waals surface area contributed by atoms with Crippen molar-refractivity contribution >= 4 is 22.9 Å². The lowest BCUT2D eigenvalue weighted by Crippen LogP contribution is -2.34. The largest absolute Gasteiger partial charge is 0.387 e. The summed E-state index contributed by atoms with van der Waals surface area (Å²) in [6.45, 7) is 3.43. The van der Waals surface area contributed by atoms with E-state index in [1.165, 1.54) is 23.5 Å². The van der Waals surface area contributed by atoms with Gasteiger partial charge in [0.2, 0.25) is 5.91 Å². The molecule has 1 aromatic heterocycles. The number of thiazole rings is 1. The molecule has 0 bridgehead atoms. The van der Waals surface area contributed by atoms with Crippen LogP contribution in [0.25, 0.3) is 0 Å². The van der Waals surface area contributed by atoms with Crippen LogP contribution in [0.3, 0.4) is 0 Å². The number of hydrogen-bond donors (Lipinski definition) is 2. The van der Waals surface area contributed by atoms with Crippen molar-refractivity contribution < 1.29 is 14.3 Å². The Balaban J connectivity index is 1.37. The smallest absolute Gasteiger partial charge is 0.233 e. The van der Waals surface area contributed by atoms with Crippen LogP contribution in [0, 0.1) is 5.82 Å². The summed E-state index contributed by atoms with van der Waals surface area (Å²) < 4.78 is 13.6. The number of benzene rings is 2. The number of hydrogen-bond acceptors (Lipinski definition) is 5. The molecule has 7 heteroatoms. The van der Waals surface area contributed by atoms with Crippen molar-refractivity contribution in [3.63, 3.8) is 0 Å². The fourth-order valence-electron chi connectivity index (χ4n) is 4.07. The van der Waals surface area contributed by atoms with E-state index < -0.39 is 6.10 Å². The van der Waals surface area contributed by atoms with Gasteiger partial charge in [-0.15, -0.1) is 11.3 Å². The van der Waals surface area contributed by atoms with Crippen molar-refractivity contribution in [3.8, 4) is 0 Å². The van der Waals surface area contributed by atoms with Gasteiger partial charge in [0, 0.05) is 23.7 Å². The first-order valence-electron chi connectivity index (χ1n) is 10.5. The highest BCUT2D eigenvalue weighted by Gasteiger charge is 2.31. The summed E-state index contributed by atoms with van der Waals surface area (Å²) in [4.78, 5) is 18.9. The monoisotopic (exact) mass is 439 g/mol. The number of aliphatic hydroxyl groups excluding tert-OH is 1. The van der Waals surface area contributed by atoms with Crippen molar-refractivity contribution in [1.82, 2.24) is 9.88 Å². The summed E-state index contributed by atoms with van der Waals surface area (Å²) in [5.41, 5.74) is 4.96. The second-order valence-electron chi connectivity index (χ2n) is 8.00. The molecule has 5 nitrogen and oxygen atoms in total. The van der Waals surface area contributed by atoms with Gasteiger partial charge in [-0.3, -0.25) is 9.69 Å². The second-order valence-corrected chi connectivity index (χ2v) is 8.72. The van der Waals surface area contributed by atoms with E-state index in [9.17, 15) is 14.3 Å². The van der Waals surface area contributed by atoms with E-state index in [1.54, 1.807) is 17.6 Å². The predicted octanol–water partition coefficient (Wildman–Crippen LogP) is 4.72. The van der Waals surface area contributed by atoms with E-state index in [1.807, 2.05) is 36.6 Å². The van der Waals surface area contributed by atoms with Crippen molar-refractivity contribution in [3.05, 3.63) is 82.1 Å². The minimum Gasteiger partial charge on any atom is -0.387 e. The molecule has 4 rings (SSSR count). The lowest BCUT2D eigenvalue weighted by atomic mass is 10.00. The number of carbonyl (C=O) groups excluding carboxylic acids is 1. The Morgan fingerprint density at radius 3 is 2.84 bits per heavy atom. The summed E-state index contributed by atoms with van der Waals surface area (Å²) in [6, 6.07) is 13.9. The van der Waals surface area contributed by atoms with Crippen LogP contribution in [0.4, 0.5) is 10.1 Å². The van der Waals surface area contributed by atoms with Crippen LogP contribution in [0.5, 0.6) is 0 Å². The summed E-state index contributed by atoms with van der Waals surface area (Å²) in [7, 11) is 0. The first-order chi connectivity index (χ1) is 15.0. The Labute approximate surface area is 185 Å². The average molecular weight is 440 g/mol. The third-order valence-corrected chi connectivity index (χ3v) is 6.47. The fourth-order valence-corrected chi connectivity index (χ4v) is 4.71. The van der Waals surface area contributed by atoms with Crippen molar-refractivity contribution in [2.75, 3.05) is 11.9 Å². The molecule has 0 unspecified atom stereocenters. The van der Waals surface area contributed by atoms with Gasteiger partial charge in [-0.25, -0.2) is 9.37 Å². The van der Waals surface area contributed by atoms with Crippen LogP contribution < -0.4 is 5.32 Å². The molecule has 3 atom stereocenters. The molecule has 3 aromatic rings. The summed E-state index contributed by atoms with van der Waals surface area (Å²) in [5, 5.41) is 15.6. The summed E-state index contributed by atoms with van der Waals surface area (Å²) in [6.07, 6.45) is 1.16. The maximum Gasteiger partial charge on any atom is 0.233 e. The van der Waals surface area contributed by atoms with Gasteiger partial charge in [-0.05, 0) is 61.7 Å². The van der Waals surface area contributed by atoms with Crippen molar-refractivity contribution in [2.24, 2.45) is 0 Å². The Morgan fingerprint density at radius 1 is 1.32 bits per heavy atom. The number of anilines is 1. The normalized spacial score (nSPS) is 18.6. The van der Waals surface area contributed by atoms with Crippen LogP contribution >= 0.6 is 11.3 Å². The van der Waals surface area contributed by atoms with Gasteiger partial charge >= 0.3 is 0 Å². The minimum absolute atomic E-state index is 0.0415.